The van der Waals surface area contributed by atoms with E-state index in [1.165, 1.54) is 19.3 Å². The average molecular weight is 341 g/mol. The average Bonchev–Trinajstić information content (AvgIpc) is 2.93. The number of carbonyl (C=O) groups excluding carboxylic acids is 1. The third kappa shape index (κ3) is 2.55. The molecule has 2 aromatic rings. The van der Waals surface area contributed by atoms with Crippen LogP contribution < -0.4 is 5.56 Å². The highest BCUT2D eigenvalue weighted by Crippen LogP contribution is 2.22. The molecule has 0 aliphatic rings. The molecule has 0 radical (unpaired) electrons. The smallest absolute Gasteiger partial charge is 0.289 e. The minimum absolute atomic E-state index is 0.0685. The standard InChI is InChI=1S/C12H9BrN2O5/c1-7-8(15(18)19)5-14(12(17)11(7)13)6-9(16)10-3-2-4-20-10/h2-5H,6H2,1H3. The van der Waals surface area contributed by atoms with Gasteiger partial charge in [0.1, 0.15) is 0 Å². The maximum Gasteiger partial charge on any atom is 0.289 e. The lowest BCUT2D eigenvalue weighted by molar-refractivity contribution is -0.386. The van der Waals surface area contributed by atoms with Crippen molar-refractivity contribution in [1.82, 2.24) is 4.57 Å². The molecule has 7 nitrogen and oxygen atoms in total. The summed E-state index contributed by atoms with van der Waals surface area (Å²) in [4.78, 5) is 34.2. The van der Waals surface area contributed by atoms with Gasteiger partial charge in [-0.05, 0) is 35.0 Å². The molecule has 0 bridgehead atoms. The summed E-state index contributed by atoms with van der Waals surface area (Å²) in [6.07, 6.45) is 2.40. The molecule has 0 aromatic carbocycles. The Hall–Kier alpha value is -2.22. The molecule has 0 fully saturated rings. The van der Waals surface area contributed by atoms with Crippen molar-refractivity contribution in [3.63, 3.8) is 0 Å². The van der Waals surface area contributed by atoms with Gasteiger partial charge in [-0.2, -0.15) is 0 Å². The molecular formula is C12H9BrN2O5. The summed E-state index contributed by atoms with van der Waals surface area (Å²) in [5, 5.41) is 10.9. The Balaban J connectivity index is 2.45. The summed E-state index contributed by atoms with van der Waals surface area (Å²) in [7, 11) is 0. The lowest BCUT2D eigenvalue weighted by Gasteiger charge is -2.07. The van der Waals surface area contributed by atoms with Crippen molar-refractivity contribution < 1.29 is 14.1 Å². The third-order valence-electron chi connectivity index (χ3n) is 2.75. The predicted octanol–water partition coefficient (Wildman–Crippen LogP) is 2.30. The fraction of sp³-hybridized carbons (Fsp3) is 0.167. The summed E-state index contributed by atoms with van der Waals surface area (Å²) in [6, 6.07) is 3.01. The monoisotopic (exact) mass is 340 g/mol. The number of pyridine rings is 1. The summed E-state index contributed by atoms with van der Waals surface area (Å²) < 4.78 is 5.98. The summed E-state index contributed by atoms with van der Waals surface area (Å²) >= 11 is 3.02. The van der Waals surface area contributed by atoms with Crippen LogP contribution >= 0.6 is 15.9 Å². The second kappa shape index (κ2) is 5.41. The Bertz CT molecular complexity index is 733. The highest BCUT2D eigenvalue weighted by atomic mass is 79.9. The number of nitrogens with zero attached hydrogens (tertiary/aromatic N) is 2. The van der Waals surface area contributed by atoms with Gasteiger partial charge in [0, 0.05) is 5.56 Å². The molecule has 20 heavy (non-hydrogen) atoms. The van der Waals surface area contributed by atoms with Gasteiger partial charge in [-0.15, -0.1) is 0 Å². The molecule has 0 saturated carbocycles. The van der Waals surface area contributed by atoms with Crippen LogP contribution in [0.4, 0.5) is 5.69 Å². The van der Waals surface area contributed by atoms with E-state index in [1.807, 2.05) is 0 Å². The molecule has 104 valence electrons. The van der Waals surface area contributed by atoms with Gasteiger partial charge in [-0.3, -0.25) is 24.3 Å². The fourth-order valence-electron chi connectivity index (χ4n) is 1.67. The number of hydrogen-bond donors (Lipinski definition) is 0. The Labute approximate surface area is 121 Å². The van der Waals surface area contributed by atoms with Gasteiger partial charge in [0.05, 0.1) is 28.4 Å². The lowest BCUT2D eigenvalue weighted by Crippen LogP contribution is -2.25. The maximum atomic E-state index is 12.0. The summed E-state index contributed by atoms with van der Waals surface area (Å²) in [6.45, 7) is 1.13. The first-order chi connectivity index (χ1) is 9.41. The van der Waals surface area contributed by atoms with Gasteiger partial charge >= 0.3 is 0 Å². The normalized spacial score (nSPS) is 10.5. The van der Waals surface area contributed by atoms with Crippen molar-refractivity contribution in [3.05, 3.63) is 60.9 Å². The summed E-state index contributed by atoms with van der Waals surface area (Å²) in [5.41, 5.74) is -0.515. The van der Waals surface area contributed by atoms with Gasteiger partial charge in [-0.25, -0.2) is 0 Å². The van der Waals surface area contributed by atoms with Crippen LogP contribution in [-0.4, -0.2) is 15.3 Å². The van der Waals surface area contributed by atoms with Gasteiger partial charge in [0.2, 0.25) is 5.78 Å². The van der Waals surface area contributed by atoms with Crippen LogP contribution in [0, 0.1) is 17.0 Å². The van der Waals surface area contributed by atoms with E-state index in [4.69, 9.17) is 4.42 Å². The Morgan fingerprint density at radius 3 is 2.80 bits per heavy atom. The van der Waals surface area contributed by atoms with Crippen molar-refractivity contribution in [2.45, 2.75) is 13.5 Å². The van der Waals surface area contributed by atoms with Crippen molar-refractivity contribution in [1.29, 1.82) is 0 Å². The van der Waals surface area contributed by atoms with Crippen molar-refractivity contribution in [2.24, 2.45) is 0 Å². The molecule has 2 heterocycles. The van der Waals surface area contributed by atoms with E-state index in [0.29, 0.717) is 0 Å². The Morgan fingerprint density at radius 2 is 2.25 bits per heavy atom. The highest BCUT2D eigenvalue weighted by Gasteiger charge is 2.20. The molecule has 8 heteroatoms. The largest absolute Gasteiger partial charge is 0.461 e. The van der Waals surface area contributed by atoms with Crippen LogP contribution in [0.5, 0.6) is 0 Å². The number of nitro groups is 1. The maximum absolute atomic E-state index is 12.0. The second-order valence-corrected chi connectivity index (χ2v) is 4.84. The Kier molecular flexibility index (Phi) is 3.84. The topological polar surface area (TPSA) is 95.3 Å². The zero-order valence-corrected chi connectivity index (χ0v) is 11.9. The minimum Gasteiger partial charge on any atom is -0.461 e. The van der Waals surface area contributed by atoms with Crippen molar-refractivity contribution >= 4 is 27.4 Å². The molecular weight excluding hydrogens is 332 g/mol. The number of furan rings is 1. The number of aromatic nitrogens is 1. The molecule has 0 unspecified atom stereocenters. The number of Topliss-reactive ketones (excluding diaryl/α,β-unsaturated/α-hetero) is 1. The predicted molar refractivity (Wildman–Crippen MR) is 72.8 cm³/mol. The van der Waals surface area contributed by atoms with Gasteiger partial charge in [0.15, 0.2) is 5.76 Å². The van der Waals surface area contributed by atoms with Gasteiger partial charge < -0.3 is 4.42 Å². The molecule has 0 amide bonds. The number of carbonyl (C=O) groups is 1. The quantitative estimate of drug-likeness (QED) is 0.483. The minimum atomic E-state index is -0.604. The van der Waals surface area contributed by atoms with Crippen LogP contribution in [0.25, 0.3) is 0 Å². The van der Waals surface area contributed by atoms with E-state index < -0.39 is 16.3 Å². The first-order valence-electron chi connectivity index (χ1n) is 5.52. The van der Waals surface area contributed by atoms with E-state index in [-0.39, 0.29) is 28.0 Å². The second-order valence-electron chi connectivity index (χ2n) is 4.04. The van der Waals surface area contributed by atoms with Gasteiger partial charge in [0.25, 0.3) is 11.2 Å². The van der Waals surface area contributed by atoms with Gasteiger partial charge in [-0.1, -0.05) is 0 Å². The molecule has 0 spiro atoms. The zero-order valence-electron chi connectivity index (χ0n) is 10.3. The fourth-order valence-corrected chi connectivity index (χ4v) is 2.10. The number of halogens is 1. The number of hydrogen-bond acceptors (Lipinski definition) is 5. The molecule has 0 aliphatic heterocycles. The lowest BCUT2D eigenvalue weighted by atomic mass is 10.2. The van der Waals surface area contributed by atoms with Crippen molar-refractivity contribution in [2.75, 3.05) is 0 Å². The first-order valence-corrected chi connectivity index (χ1v) is 6.31. The van der Waals surface area contributed by atoms with E-state index in [9.17, 15) is 19.7 Å². The van der Waals surface area contributed by atoms with Crippen LogP contribution in [0.3, 0.4) is 0 Å². The molecule has 2 rings (SSSR count). The van der Waals surface area contributed by atoms with Crippen LogP contribution in [0.1, 0.15) is 16.1 Å². The van der Waals surface area contributed by atoms with E-state index in [0.717, 1.165) is 10.8 Å². The van der Waals surface area contributed by atoms with E-state index in [1.54, 1.807) is 6.07 Å². The van der Waals surface area contributed by atoms with E-state index in [2.05, 4.69) is 15.9 Å². The number of ketones is 1. The third-order valence-corrected chi connectivity index (χ3v) is 3.68. The van der Waals surface area contributed by atoms with Crippen molar-refractivity contribution in [3.8, 4) is 0 Å². The highest BCUT2D eigenvalue weighted by molar-refractivity contribution is 9.10. The molecule has 0 atom stereocenters. The first kappa shape index (κ1) is 14.2. The van der Waals surface area contributed by atoms with E-state index >= 15 is 0 Å². The SMILES string of the molecule is Cc1c([N+](=O)[O-])cn(CC(=O)c2ccco2)c(=O)c1Br. The number of rotatable bonds is 4. The summed E-state index contributed by atoms with van der Waals surface area (Å²) in [5.74, 6) is -0.349. The van der Waals surface area contributed by atoms with Crippen LogP contribution in [0.15, 0.2) is 38.3 Å². The van der Waals surface area contributed by atoms with Crippen LogP contribution in [0.2, 0.25) is 0 Å². The molecule has 0 saturated heterocycles. The Morgan fingerprint density at radius 1 is 1.55 bits per heavy atom. The molecule has 2 aromatic heterocycles. The molecule has 0 aliphatic carbocycles. The van der Waals surface area contributed by atoms with Crippen LogP contribution in [-0.2, 0) is 6.54 Å². The molecule has 0 N–H and O–H groups in total. The zero-order chi connectivity index (χ0) is 14.9.